The quantitative estimate of drug-likeness (QED) is 0.338. The number of carbonyl (C=O) groups is 2. The zero-order valence-electron chi connectivity index (χ0n) is 14.0. The summed E-state index contributed by atoms with van der Waals surface area (Å²) in [6.45, 7) is 1.15. The zero-order chi connectivity index (χ0) is 16.8. The summed E-state index contributed by atoms with van der Waals surface area (Å²) in [6.07, 6.45) is 8.76. The molecule has 0 saturated carbocycles. The van der Waals surface area contributed by atoms with Gasteiger partial charge in [-0.1, -0.05) is 32.1 Å². The van der Waals surface area contributed by atoms with Crippen LogP contribution in [0.1, 0.15) is 57.8 Å². The Morgan fingerprint density at radius 3 is 2.09 bits per heavy atom. The summed E-state index contributed by atoms with van der Waals surface area (Å²) < 4.78 is 0. The fourth-order valence-electron chi connectivity index (χ4n) is 2.25. The molecule has 0 heterocycles. The van der Waals surface area contributed by atoms with Crippen LogP contribution in [0.5, 0.6) is 0 Å². The minimum atomic E-state index is -0.986. The van der Waals surface area contributed by atoms with Crippen molar-refractivity contribution < 1.29 is 14.7 Å². The molecule has 0 aliphatic heterocycles. The molecule has 0 aromatic carbocycles. The molecule has 1 amide bonds. The van der Waals surface area contributed by atoms with Crippen LogP contribution in [0.3, 0.4) is 0 Å². The molecule has 0 bridgehead atoms. The maximum atomic E-state index is 11.7. The van der Waals surface area contributed by atoms with Crippen molar-refractivity contribution in [2.45, 2.75) is 63.8 Å². The Labute approximate surface area is 140 Å². The van der Waals surface area contributed by atoms with Gasteiger partial charge in [0.1, 0.15) is 6.04 Å². The normalized spacial score (nSPS) is 12.4. The first-order chi connectivity index (χ1) is 10.5. The molecular weight excluding hydrogens is 300 g/mol. The summed E-state index contributed by atoms with van der Waals surface area (Å²) in [5.41, 5.74) is 0. The van der Waals surface area contributed by atoms with E-state index in [-0.39, 0.29) is 5.91 Å². The molecule has 0 spiro atoms. The number of thiol groups is 1. The number of hydrogen-bond donors (Lipinski definition) is 3. The number of amides is 1. The van der Waals surface area contributed by atoms with E-state index >= 15 is 0 Å². The third-order valence-electron chi connectivity index (χ3n) is 3.56. The van der Waals surface area contributed by atoms with E-state index in [4.69, 9.17) is 5.11 Å². The van der Waals surface area contributed by atoms with Gasteiger partial charge in [0.25, 0.3) is 0 Å². The average molecular weight is 333 g/mol. The molecule has 0 fully saturated rings. The number of rotatable bonds is 14. The molecule has 0 aliphatic carbocycles. The van der Waals surface area contributed by atoms with Crippen LogP contribution in [0.15, 0.2) is 0 Å². The van der Waals surface area contributed by atoms with Crippen LogP contribution in [-0.4, -0.2) is 54.3 Å². The lowest BCUT2D eigenvalue weighted by molar-refractivity contribution is -0.141. The first kappa shape index (κ1) is 21.2. The van der Waals surface area contributed by atoms with Crippen LogP contribution < -0.4 is 5.32 Å². The summed E-state index contributed by atoms with van der Waals surface area (Å²) in [7, 11) is 4.19. The second kappa shape index (κ2) is 13.9. The van der Waals surface area contributed by atoms with Gasteiger partial charge in [0, 0.05) is 6.42 Å². The highest BCUT2D eigenvalue weighted by Crippen LogP contribution is 2.09. The van der Waals surface area contributed by atoms with E-state index in [0.29, 0.717) is 18.6 Å². The van der Waals surface area contributed by atoms with Gasteiger partial charge in [0.15, 0.2) is 0 Å². The average Bonchev–Trinajstić information content (AvgIpc) is 2.44. The van der Waals surface area contributed by atoms with Crippen LogP contribution >= 0.6 is 12.6 Å². The van der Waals surface area contributed by atoms with E-state index in [0.717, 1.165) is 25.8 Å². The lowest BCUT2D eigenvalue weighted by atomic mass is 10.1. The molecule has 130 valence electrons. The molecule has 22 heavy (non-hydrogen) atoms. The smallest absolute Gasteiger partial charge is 0.326 e. The molecule has 5 nitrogen and oxygen atoms in total. The fraction of sp³-hybridized carbons (Fsp3) is 0.875. The summed E-state index contributed by atoms with van der Waals surface area (Å²) in [5.74, 6) is -0.703. The third kappa shape index (κ3) is 13.0. The predicted molar refractivity (Wildman–Crippen MR) is 93.5 cm³/mol. The van der Waals surface area contributed by atoms with Crippen LogP contribution in [-0.2, 0) is 9.59 Å². The number of nitrogens with zero attached hydrogens (tertiary/aromatic N) is 1. The van der Waals surface area contributed by atoms with Crippen molar-refractivity contribution in [1.82, 2.24) is 10.2 Å². The molecule has 0 aromatic heterocycles. The molecule has 0 aromatic rings. The Hall–Kier alpha value is -0.750. The van der Waals surface area contributed by atoms with Gasteiger partial charge in [-0.15, -0.1) is 0 Å². The van der Waals surface area contributed by atoms with E-state index in [9.17, 15) is 9.59 Å². The fourth-order valence-corrected chi connectivity index (χ4v) is 2.51. The number of unbranched alkanes of at least 4 members (excludes halogenated alkanes) is 6. The van der Waals surface area contributed by atoms with E-state index < -0.39 is 12.0 Å². The number of nitrogens with one attached hydrogen (secondary N) is 1. The SMILES string of the molecule is CN(C)CCCCCCCCCC(=O)NC(CCS)C(=O)O. The van der Waals surface area contributed by atoms with Crippen molar-refractivity contribution in [3.05, 3.63) is 0 Å². The topological polar surface area (TPSA) is 69.6 Å². The van der Waals surface area contributed by atoms with E-state index in [1.165, 1.54) is 25.7 Å². The molecule has 0 aliphatic rings. The van der Waals surface area contributed by atoms with Crippen molar-refractivity contribution in [3.63, 3.8) is 0 Å². The highest BCUT2D eigenvalue weighted by Gasteiger charge is 2.18. The highest BCUT2D eigenvalue weighted by molar-refractivity contribution is 7.80. The summed E-state index contributed by atoms with van der Waals surface area (Å²) in [6, 6.07) is -0.804. The lowest BCUT2D eigenvalue weighted by Crippen LogP contribution is -2.40. The maximum Gasteiger partial charge on any atom is 0.326 e. The lowest BCUT2D eigenvalue weighted by Gasteiger charge is -2.13. The zero-order valence-corrected chi connectivity index (χ0v) is 14.9. The Kier molecular flexibility index (Phi) is 13.4. The van der Waals surface area contributed by atoms with Gasteiger partial charge < -0.3 is 15.3 Å². The molecule has 0 saturated heterocycles. The summed E-state index contributed by atoms with van der Waals surface area (Å²) in [4.78, 5) is 24.8. The second-order valence-corrected chi connectivity index (χ2v) is 6.45. The number of carboxylic acid groups (broad SMARTS) is 1. The molecule has 2 N–H and O–H groups in total. The van der Waals surface area contributed by atoms with Crippen molar-refractivity contribution in [1.29, 1.82) is 0 Å². The molecule has 6 heteroatoms. The van der Waals surface area contributed by atoms with Gasteiger partial charge in [-0.3, -0.25) is 4.79 Å². The van der Waals surface area contributed by atoms with Crippen molar-refractivity contribution in [3.8, 4) is 0 Å². The van der Waals surface area contributed by atoms with E-state index in [2.05, 4.69) is 36.9 Å². The van der Waals surface area contributed by atoms with Crippen molar-refractivity contribution in [2.75, 3.05) is 26.4 Å². The number of carbonyl (C=O) groups excluding carboxylic acids is 1. The number of hydrogen-bond acceptors (Lipinski definition) is 4. The molecule has 1 atom stereocenters. The highest BCUT2D eigenvalue weighted by atomic mass is 32.1. The second-order valence-electron chi connectivity index (χ2n) is 6.00. The molecule has 1 unspecified atom stereocenters. The molecular formula is C16H32N2O3S. The van der Waals surface area contributed by atoms with Gasteiger partial charge >= 0.3 is 5.97 Å². The van der Waals surface area contributed by atoms with Crippen LogP contribution in [0.25, 0.3) is 0 Å². The minimum Gasteiger partial charge on any atom is -0.480 e. The Morgan fingerprint density at radius 1 is 1.05 bits per heavy atom. The summed E-state index contributed by atoms with van der Waals surface area (Å²) in [5, 5.41) is 11.5. The predicted octanol–water partition coefficient (Wildman–Crippen LogP) is 2.56. The number of carboxylic acids is 1. The van der Waals surface area contributed by atoms with Gasteiger partial charge in [-0.2, -0.15) is 12.6 Å². The molecule has 0 rings (SSSR count). The maximum absolute atomic E-state index is 11.7. The third-order valence-corrected chi connectivity index (χ3v) is 3.82. The largest absolute Gasteiger partial charge is 0.480 e. The van der Waals surface area contributed by atoms with Gasteiger partial charge in [-0.25, -0.2) is 4.79 Å². The van der Waals surface area contributed by atoms with Crippen molar-refractivity contribution in [2.24, 2.45) is 0 Å². The van der Waals surface area contributed by atoms with E-state index in [1.54, 1.807) is 0 Å². The van der Waals surface area contributed by atoms with Crippen LogP contribution in [0.2, 0.25) is 0 Å². The van der Waals surface area contributed by atoms with Crippen molar-refractivity contribution >= 4 is 24.5 Å². The van der Waals surface area contributed by atoms with Gasteiger partial charge in [0.2, 0.25) is 5.91 Å². The molecule has 0 radical (unpaired) electrons. The Balaban J connectivity index is 3.50. The van der Waals surface area contributed by atoms with Gasteiger partial charge in [-0.05, 0) is 45.7 Å². The van der Waals surface area contributed by atoms with E-state index in [1.807, 2.05) is 0 Å². The summed E-state index contributed by atoms with van der Waals surface area (Å²) >= 11 is 4.00. The van der Waals surface area contributed by atoms with Crippen LogP contribution in [0, 0.1) is 0 Å². The first-order valence-corrected chi connectivity index (χ1v) is 8.88. The Morgan fingerprint density at radius 2 is 1.59 bits per heavy atom. The first-order valence-electron chi connectivity index (χ1n) is 8.25. The Bertz CT molecular complexity index is 312. The van der Waals surface area contributed by atoms with Crippen LogP contribution in [0.4, 0.5) is 0 Å². The monoisotopic (exact) mass is 332 g/mol. The standard InChI is InChI=1S/C16H32N2O3S/c1-18(2)12-9-7-5-3-4-6-8-10-15(19)17-14(11-13-22)16(20)21/h14,22H,3-13H2,1-2H3,(H,17,19)(H,20,21). The number of aliphatic carboxylic acids is 1. The minimum absolute atomic E-state index is 0.167. The van der Waals surface area contributed by atoms with Gasteiger partial charge in [0.05, 0.1) is 0 Å².